The molecule has 37 heavy (non-hydrogen) atoms. The SMILES string of the molecule is O=C(Cn1cc(-c2ccc3ncnc(Nc4ccc(F)cc4OC4COC4)c3n2)cn1)N1CCNCC1. The van der Waals surface area contributed by atoms with Gasteiger partial charge in [-0.15, -0.1) is 0 Å². The molecular weight excluding hydrogens is 479 g/mol. The number of nitrogens with zero attached hydrogens (tertiary/aromatic N) is 6. The Labute approximate surface area is 211 Å². The van der Waals surface area contributed by atoms with Crippen LogP contribution in [0.1, 0.15) is 0 Å². The molecule has 0 bridgehead atoms. The van der Waals surface area contributed by atoms with Crippen LogP contribution in [0.4, 0.5) is 15.9 Å². The molecule has 0 unspecified atom stereocenters. The molecule has 11 nitrogen and oxygen atoms in total. The summed E-state index contributed by atoms with van der Waals surface area (Å²) in [6.45, 7) is 4.10. The Kier molecular flexibility index (Phi) is 6.33. The Hall–Kier alpha value is -4.16. The van der Waals surface area contributed by atoms with Crippen molar-refractivity contribution < 1.29 is 18.7 Å². The van der Waals surface area contributed by atoms with Crippen LogP contribution in [0.5, 0.6) is 5.75 Å². The van der Waals surface area contributed by atoms with E-state index in [4.69, 9.17) is 14.5 Å². The zero-order valence-corrected chi connectivity index (χ0v) is 19.9. The highest BCUT2D eigenvalue weighted by molar-refractivity contribution is 5.89. The van der Waals surface area contributed by atoms with Gasteiger partial charge in [0, 0.05) is 44.0 Å². The van der Waals surface area contributed by atoms with E-state index in [9.17, 15) is 9.18 Å². The number of benzene rings is 1. The van der Waals surface area contributed by atoms with Crippen molar-refractivity contribution in [3.05, 3.63) is 54.9 Å². The summed E-state index contributed by atoms with van der Waals surface area (Å²) in [6.07, 6.45) is 4.81. The maximum Gasteiger partial charge on any atom is 0.244 e. The van der Waals surface area contributed by atoms with Crippen LogP contribution in [-0.2, 0) is 16.1 Å². The summed E-state index contributed by atoms with van der Waals surface area (Å²) in [6, 6.07) is 7.98. The number of rotatable bonds is 7. The lowest BCUT2D eigenvalue weighted by atomic mass is 10.2. The molecule has 3 aromatic heterocycles. The molecule has 0 saturated carbocycles. The van der Waals surface area contributed by atoms with E-state index >= 15 is 0 Å². The number of hydrogen-bond donors (Lipinski definition) is 2. The quantitative estimate of drug-likeness (QED) is 0.389. The average Bonchev–Trinajstić information content (AvgIpc) is 3.36. The van der Waals surface area contributed by atoms with E-state index in [2.05, 4.69) is 25.7 Å². The van der Waals surface area contributed by atoms with Gasteiger partial charge in [-0.2, -0.15) is 5.10 Å². The molecule has 0 radical (unpaired) electrons. The lowest BCUT2D eigenvalue weighted by molar-refractivity contribution is -0.132. The minimum absolute atomic E-state index is 0.0355. The normalized spacial score (nSPS) is 16.0. The summed E-state index contributed by atoms with van der Waals surface area (Å²) >= 11 is 0. The molecule has 2 aliphatic heterocycles. The molecule has 1 aromatic carbocycles. The zero-order valence-electron chi connectivity index (χ0n) is 19.9. The summed E-state index contributed by atoms with van der Waals surface area (Å²) in [5.41, 5.74) is 3.15. The molecular formula is C25H25FN8O3. The number of nitrogens with one attached hydrogen (secondary N) is 2. The van der Waals surface area contributed by atoms with Crippen molar-refractivity contribution in [3.63, 3.8) is 0 Å². The van der Waals surface area contributed by atoms with Gasteiger partial charge in [0.2, 0.25) is 5.91 Å². The number of ether oxygens (including phenoxy) is 2. The van der Waals surface area contributed by atoms with Crippen LogP contribution < -0.4 is 15.4 Å². The number of aromatic nitrogens is 5. The number of piperazine rings is 1. The van der Waals surface area contributed by atoms with E-state index in [1.807, 2.05) is 17.0 Å². The lowest BCUT2D eigenvalue weighted by Crippen LogP contribution is -2.47. The van der Waals surface area contributed by atoms with E-state index in [-0.39, 0.29) is 18.6 Å². The predicted octanol–water partition coefficient (Wildman–Crippen LogP) is 1.98. The third kappa shape index (κ3) is 5.06. The fourth-order valence-electron chi connectivity index (χ4n) is 4.21. The third-order valence-corrected chi connectivity index (χ3v) is 6.28. The minimum atomic E-state index is -0.402. The Morgan fingerprint density at radius 1 is 1.19 bits per heavy atom. The van der Waals surface area contributed by atoms with Gasteiger partial charge < -0.3 is 25.0 Å². The molecule has 2 saturated heterocycles. The van der Waals surface area contributed by atoms with Gasteiger partial charge in [0.05, 0.1) is 36.3 Å². The van der Waals surface area contributed by atoms with Crippen LogP contribution in [0.15, 0.2) is 49.1 Å². The summed E-state index contributed by atoms with van der Waals surface area (Å²) in [5.74, 6) is 0.454. The first kappa shape index (κ1) is 23.3. The molecule has 6 rings (SSSR count). The third-order valence-electron chi connectivity index (χ3n) is 6.28. The van der Waals surface area contributed by atoms with E-state index in [1.165, 1.54) is 18.5 Å². The van der Waals surface area contributed by atoms with Gasteiger partial charge in [-0.1, -0.05) is 0 Å². The van der Waals surface area contributed by atoms with E-state index in [0.717, 1.165) is 18.7 Å². The molecule has 190 valence electrons. The van der Waals surface area contributed by atoms with Crippen molar-refractivity contribution in [1.82, 2.24) is 34.9 Å². The largest absolute Gasteiger partial charge is 0.483 e. The van der Waals surface area contributed by atoms with Crippen molar-refractivity contribution >= 4 is 28.4 Å². The van der Waals surface area contributed by atoms with Crippen molar-refractivity contribution in [1.29, 1.82) is 0 Å². The number of carbonyl (C=O) groups excluding carboxylic acids is 1. The van der Waals surface area contributed by atoms with Gasteiger partial charge in [-0.25, -0.2) is 19.3 Å². The van der Waals surface area contributed by atoms with Crippen molar-refractivity contribution in [2.24, 2.45) is 0 Å². The monoisotopic (exact) mass is 504 g/mol. The van der Waals surface area contributed by atoms with Crippen molar-refractivity contribution in [3.8, 4) is 17.0 Å². The molecule has 5 heterocycles. The number of halogens is 1. The average molecular weight is 505 g/mol. The second-order valence-electron chi connectivity index (χ2n) is 8.89. The highest BCUT2D eigenvalue weighted by atomic mass is 19.1. The van der Waals surface area contributed by atoms with Gasteiger partial charge in [-0.05, 0) is 24.3 Å². The van der Waals surface area contributed by atoms with Gasteiger partial charge in [0.25, 0.3) is 0 Å². The van der Waals surface area contributed by atoms with Crippen LogP contribution in [0.2, 0.25) is 0 Å². The molecule has 4 aromatic rings. The first-order chi connectivity index (χ1) is 18.1. The van der Waals surface area contributed by atoms with Crippen LogP contribution in [0.25, 0.3) is 22.3 Å². The standard InChI is InChI=1S/C25H25FN8O3/c26-17-1-2-20(22(9-17)37-18-13-36-14-18)32-25-24-21(28-15-29-25)4-3-19(31-24)16-10-30-34(11-16)12-23(35)33-7-5-27-6-8-33/h1-4,9-11,15,18,27H,5-8,12-14H2,(H,28,29,32). The number of hydrogen-bond acceptors (Lipinski definition) is 9. The highest BCUT2D eigenvalue weighted by Crippen LogP contribution is 2.32. The Bertz CT molecular complexity index is 1430. The summed E-state index contributed by atoms with van der Waals surface area (Å²) in [7, 11) is 0. The van der Waals surface area contributed by atoms with Crippen LogP contribution in [0, 0.1) is 5.82 Å². The number of anilines is 2. The van der Waals surface area contributed by atoms with Crippen LogP contribution >= 0.6 is 0 Å². The van der Waals surface area contributed by atoms with E-state index < -0.39 is 5.82 Å². The zero-order chi connectivity index (χ0) is 25.2. The van der Waals surface area contributed by atoms with Gasteiger partial charge in [0.15, 0.2) is 5.82 Å². The molecule has 2 N–H and O–H groups in total. The number of amides is 1. The first-order valence-corrected chi connectivity index (χ1v) is 12.1. The number of carbonyl (C=O) groups is 1. The fourth-order valence-corrected chi connectivity index (χ4v) is 4.21. The second kappa shape index (κ2) is 10.1. The predicted molar refractivity (Wildman–Crippen MR) is 133 cm³/mol. The minimum Gasteiger partial charge on any atom is -0.483 e. The van der Waals surface area contributed by atoms with Crippen LogP contribution in [-0.4, -0.2) is 81.0 Å². The topological polar surface area (TPSA) is 119 Å². The molecule has 1 amide bonds. The Morgan fingerprint density at radius 3 is 2.86 bits per heavy atom. The lowest BCUT2D eigenvalue weighted by Gasteiger charge is -2.27. The number of fused-ring (bicyclic) bond motifs is 1. The van der Waals surface area contributed by atoms with Crippen molar-refractivity contribution in [2.45, 2.75) is 12.6 Å². The molecule has 0 spiro atoms. The molecule has 12 heteroatoms. The number of pyridine rings is 1. The van der Waals surface area contributed by atoms with Gasteiger partial charge in [0.1, 0.15) is 36.1 Å². The smallest absolute Gasteiger partial charge is 0.244 e. The maximum atomic E-state index is 13.9. The summed E-state index contributed by atoms with van der Waals surface area (Å²) in [4.78, 5) is 27.9. The van der Waals surface area contributed by atoms with E-state index in [1.54, 1.807) is 23.1 Å². The van der Waals surface area contributed by atoms with Crippen molar-refractivity contribution in [2.75, 3.05) is 44.7 Å². The summed E-state index contributed by atoms with van der Waals surface area (Å²) < 4.78 is 26.6. The molecule has 0 atom stereocenters. The van der Waals surface area contributed by atoms with E-state index in [0.29, 0.717) is 60.3 Å². The highest BCUT2D eigenvalue weighted by Gasteiger charge is 2.22. The molecule has 2 fully saturated rings. The van der Waals surface area contributed by atoms with Gasteiger partial charge >= 0.3 is 0 Å². The summed E-state index contributed by atoms with van der Waals surface area (Å²) in [5, 5.41) is 10.8. The van der Waals surface area contributed by atoms with Crippen LogP contribution in [0.3, 0.4) is 0 Å². The Morgan fingerprint density at radius 2 is 2.05 bits per heavy atom. The molecule has 0 aliphatic carbocycles. The second-order valence-corrected chi connectivity index (χ2v) is 8.89. The Balaban J connectivity index is 1.25. The fraction of sp³-hybridized carbons (Fsp3) is 0.320. The maximum absolute atomic E-state index is 13.9. The molecule has 2 aliphatic rings. The van der Waals surface area contributed by atoms with Gasteiger partial charge in [-0.3, -0.25) is 9.48 Å². The first-order valence-electron chi connectivity index (χ1n) is 12.1.